The topological polar surface area (TPSA) is 29.5 Å². The van der Waals surface area contributed by atoms with E-state index in [-0.39, 0.29) is 21.6 Å². The van der Waals surface area contributed by atoms with Crippen LogP contribution in [0.25, 0.3) is 0 Å². The number of halogens is 1. The fourth-order valence-electron chi connectivity index (χ4n) is 2.57. The second-order valence-electron chi connectivity index (χ2n) is 5.10. The van der Waals surface area contributed by atoms with Gasteiger partial charge < -0.3 is 9.84 Å². The molecule has 2 saturated heterocycles. The van der Waals surface area contributed by atoms with E-state index in [0.717, 1.165) is 19.3 Å². The van der Waals surface area contributed by atoms with E-state index in [1.165, 1.54) is 0 Å². The van der Waals surface area contributed by atoms with Gasteiger partial charge in [0.25, 0.3) is 0 Å². The molecule has 2 heterocycles. The van der Waals surface area contributed by atoms with Crippen LogP contribution < -0.4 is 0 Å². The molecule has 13 heavy (non-hydrogen) atoms. The van der Waals surface area contributed by atoms with Crippen molar-refractivity contribution in [1.82, 2.24) is 0 Å². The van der Waals surface area contributed by atoms with E-state index in [2.05, 4.69) is 29.8 Å². The predicted molar refractivity (Wildman–Crippen MR) is 55.1 cm³/mol. The summed E-state index contributed by atoms with van der Waals surface area (Å²) in [5, 5.41) is 9.86. The zero-order chi connectivity index (χ0) is 9.91. The van der Waals surface area contributed by atoms with Crippen molar-refractivity contribution in [3.05, 3.63) is 0 Å². The molecule has 2 bridgehead atoms. The summed E-state index contributed by atoms with van der Waals surface area (Å²) in [7, 11) is 0. The molecule has 1 N–H and O–H groups in total. The smallest absolute Gasteiger partial charge is 0.0922 e. The Morgan fingerprint density at radius 3 is 2.31 bits per heavy atom. The summed E-state index contributed by atoms with van der Waals surface area (Å²) in [6.07, 6.45) is 2.50. The standard InChI is InChI=1S/C10H17BrO2/c1-8(2,11)10-5-4-9(3,13-10)7(12)6-10/h7,12H,4-6H2,1-3H3. The Morgan fingerprint density at radius 2 is 2.08 bits per heavy atom. The number of aliphatic hydroxyl groups excluding tert-OH is 1. The van der Waals surface area contributed by atoms with Gasteiger partial charge in [0, 0.05) is 10.7 Å². The van der Waals surface area contributed by atoms with Gasteiger partial charge in [-0.05, 0) is 33.6 Å². The zero-order valence-corrected chi connectivity index (χ0v) is 10.0. The number of fused-ring (bicyclic) bond motifs is 2. The van der Waals surface area contributed by atoms with Crippen molar-refractivity contribution in [2.24, 2.45) is 0 Å². The molecule has 3 heteroatoms. The lowest BCUT2D eigenvalue weighted by Crippen LogP contribution is -2.44. The average molecular weight is 249 g/mol. The Balaban J connectivity index is 2.31. The third-order valence-electron chi connectivity index (χ3n) is 3.77. The first-order chi connectivity index (χ1) is 5.79. The molecule has 3 atom stereocenters. The van der Waals surface area contributed by atoms with Gasteiger partial charge in [-0.15, -0.1) is 0 Å². The molecule has 76 valence electrons. The second kappa shape index (κ2) is 2.50. The van der Waals surface area contributed by atoms with Crippen LogP contribution in [0.4, 0.5) is 0 Å². The minimum absolute atomic E-state index is 0.0464. The molecule has 2 aliphatic heterocycles. The molecule has 0 aromatic rings. The van der Waals surface area contributed by atoms with E-state index in [4.69, 9.17) is 4.74 Å². The Bertz CT molecular complexity index is 236. The normalized spacial score (nSPS) is 50.1. The molecule has 2 fully saturated rings. The number of rotatable bonds is 1. The van der Waals surface area contributed by atoms with Gasteiger partial charge >= 0.3 is 0 Å². The van der Waals surface area contributed by atoms with Crippen LogP contribution in [0.5, 0.6) is 0 Å². The third-order valence-corrected chi connectivity index (χ3v) is 4.49. The van der Waals surface area contributed by atoms with Crippen LogP contribution in [0.3, 0.4) is 0 Å². The fourth-order valence-corrected chi connectivity index (χ4v) is 3.01. The lowest BCUT2D eigenvalue weighted by Gasteiger charge is -2.37. The van der Waals surface area contributed by atoms with E-state index < -0.39 is 0 Å². The first-order valence-corrected chi connectivity index (χ1v) is 5.66. The van der Waals surface area contributed by atoms with Gasteiger partial charge in [0.15, 0.2) is 0 Å². The first-order valence-electron chi connectivity index (χ1n) is 4.86. The predicted octanol–water partition coefficient (Wildman–Crippen LogP) is 2.23. The molecule has 0 amide bonds. The quantitative estimate of drug-likeness (QED) is 0.722. The largest absolute Gasteiger partial charge is 0.390 e. The van der Waals surface area contributed by atoms with Crippen molar-refractivity contribution in [3.63, 3.8) is 0 Å². The van der Waals surface area contributed by atoms with Crippen molar-refractivity contribution in [2.45, 2.75) is 61.7 Å². The van der Waals surface area contributed by atoms with E-state index in [1.807, 2.05) is 6.92 Å². The highest BCUT2D eigenvalue weighted by molar-refractivity contribution is 9.10. The molecule has 0 radical (unpaired) electrons. The van der Waals surface area contributed by atoms with Gasteiger partial charge in [-0.3, -0.25) is 0 Å². The van der Waals surface area contributed by atoms with E-state index >= 15 is 0 Å². The summed E-state index contributed by atoms with van der Waals surface area (Å²) in [6.45, 7) is 6.26. The average Bonchev–Trinajstić information content (AvgIpc) is 2.39. The Labute approximate surface area is 87.8 Å². The zero-order valence-electron chi connectivity index (χ0n) is 8.43. The first kappa shape index (κ1) is 9.94. The number of hydrogen-bond donors (Lipinski definition) is 1. The maximum absolute atomic E-state index is 9.86. The summed E-state index contributed by atoms with van der Waals surface area (Å²) in [4.78, 5) is 0. The van der Waals surface area contributed by atoms with Crippen LogP contribution >= 0.6 is 15.9 Å². The molecular formula is C10H17BrO2. The number of ether oxygens (including phenoxy) is 1. The highest BCUT2D eigenvalue weighted by atomic mass is 79.9. The molecule has 2 rings (SSSR count). The van der Waals surface area contributed by atoms with Crippen molar-refractivity contribution in [3.8, 4) is 0 Å². The molecule has 3 unspecified atom stereocenters. The molecule has 0 saturated carbocycles. The molecule has 0 aromatic heterocycles. The summed E-state index contributed by atoms with van der Waals surface area (Å²) >= 11 is 3.66. The molecule has 2 nitrogen and oxygen atoms in total. The van der Waals surface area contributed by atoms with Gasteiger partial charge in [0.05, 0.1) is 17.3 Å². The SMILES string of the molecule is CC12CCC(C(C)(C)Br)(CC1O)O2. The van der Waals surface area contributed by atoms with Gasteiger partial charge in [-0.1, -0.05) is 15.9 Å². The van der Waals surface area contributed by atoms with Crippen LogP contribution in [-0.4, -0.2) is 26.7 Å². The minimum Gasteiger partial charge on any atom is -0.390 e. The van der Waals surface area contributed by atoms with Crippen LogP contribution in [0.15, 0.2) is 0 Å². The highest BCUT2D eigenvalue weighted by Gasteiger charge is 2.63. The van der Waals surface area contributed by atoms with Crippen LogP contribution in [0.2, 0.25) is 0 Å². The van der Waals surface area contributed by atoms with Crippen molar-refractivity contribution < 1.29 is 9.84 Å². The molecule has 2 aliphatic rings. The second-order valence-corrected chi connectivity index (χ2v) is 7.08. The lowest BCUT2D eigenvalue weighted by molar-refractivity contribution is -0.0724. The third kappa shape index (κ3) is 1.20. The lowest BCUT2D eigenvalue weighted by atomic mass is 9.75. The van der Waals surface area contributed by atoms with Crippen LogP contribution in [-0.2, 0) is 4.74 Å². The Hall–Kier alpha value is 0.400. The van der Waals surface area contributed by atoms with E-state index in [0.29, 0.717) is 0 Å². The maximum atomic E-state index is 9.86. The van der Waals surface area contributed by atoms with Crippen molar-refractivity contribution in [2.75, 3.05) is 0 Å². The Morgan fingerprint density at radius 1 is 1.46 bits per heavy atom. The molecule has 0 aliphatic carbocycles. The van der Waals surface area contributed by atoms with Gasteiger partial charge in [0.1, 0.15) is 0 Å². The molecular weight excluding hydrogens is 232 g/mol. The number of aliphatic hydroxyl groups is 1. The monoisotopic (exact) mass is 248 g/mol. The summed E-state index contributed by atoms with van der Waals surface area (Å²) in [6, 6.07) is 0. The maximum Gasteiger partial charge on any atom is 0.0922 e. The summed E-state index contributed by atoms with van der Waals surface area (Å²) < 4.78 is 5.98. The Kier molecular flexibility index (Phi) is 1.91. The van der Waals surface area contributed by atoms with Crippen molar-refractivity contribution in [1.29, 1.82) is 0 Å². The van der Waals surface area contributed by atoms with Crippen LogP contribution in [0.1, 0.15) is 40.0 Å². The summed E-state index contributed by atoms with van der Waals surface area (Å²) in [5.74, 6) is 0. The van der Waals surface area contributed by atoms with Crippen molar-refractivity contribution >= 4 is 15.9 Å². The minimum atomic E-state index is -0.293. The van der Waals surface area contributed by atoms with E-state index in [9.17, 15) is 5.11 Å². The fraction of sp³-hybridized carbons (Fsp3) is 1.00. The van der Waals surface area contributed by atoms with E-state index in [1.54, 1.807) is 0 Å². The number of alkyl halides is 1. The van der Waals surface area contributed by atoms with Crippen LogP contribution in [0, 0.1) is 0 Å². The molecule has 0 aromatic carbocycles. The van der Waals surface area contributed by atoms with Gasteiger partial charge in [-0.25, -0.2) is 0 Å². The molecule has 0 spiro atoms. The number of hydrogen-bond acceptors (Lipinski definition) is 2. The van der Waals surface area contributed by atoms with Gasteiger partial charge in [-0.2, -0.15) is 0 Å². The van der Waals surface area contributed by atoms with Gasteiger partial charge in [0.2, 0.25) is 0 Å². The highest BCUT2D eigenvalue weighted by Crippen LogP contribution is 2.57. The summed E-state index contributed by atoms with van der Waals surface area (Å²) in [5.41, 5.74) is -0.438.